The van der Waals surface area contributed by atoms with E-state index < -0.39 is 11.5 Å². The van der Waals surface area contributed by atoms with Crippen LogP contribution in [0, 0.1) is 0 Å². The molecule has 0 fully saturated rings. The first-order valence-electron chi connectivity index (χ1n) is 10.1. The highest BCUT2D eigenvalue weighted by Gasteiger charge is 2.16. The molecule has 1 amide bonds. The third kappa shape index (κ3) is 4.95. The molecular weight excluding hydrogens is 520 g/mol. The number of methoxy groups -OCH3 is 2. The van der Waals surface area contributed by atoms with E-state index >= 15 is 0 Å². The topological polar surface area (TPSA) is 89.8 Å². The SMILES string of the molecule is COc1ccc(-c2cc3ccccc3oc2=O)cc1NC(=S)NC(=O)c1cc(Br)ccc1OC. The van der Waals surface area contributed by atoms with Gasteiger partial charge >= 0.3 is 5.63 Å². The fraction of sp³-hybridized carbons (Fsp3) is 0.0800. The quantitative estimate of drug-likeness (QED) is 0.261. The van der Waals surface area contributed by atoms with Crippen molar-refractivity contribution in [2.75, 3.05) is 19.5 Å². The van der Waals surface area contributed by atoms with Crippen LogP contribution in [-0.4, -0.2) is 25.2 Å². The number of hydrogen-bond acceptors (Lipinski definition) is 6. The third-order valence-corrected chi connectivity index (χ3v) is 5.73. The van der Waals surface area contributed by atoms with Crippen LogP contribution in [0.3, 0.4) is 0 Å². The maximum absolute atomic E-state index is 12.8. The van der Waals surface area contributed by atoms with Crippen molar-refractivity contribution < 1.29 is 18.7 Å². The summed E-state index contributed by atoms with van der Waals surface area (Å²) in [5.74, 6) is 0.442. The highest BCUT2D eigenvalue weighted by Crippen LogP contribution is 2.31. The molecule has 172 valence electrons. The van der Waals surface area contributed by atoms with Crippen molar-refractivity contribution in [2.45, 2.75) is 0 Å². The zero-order valence-corrected chi connectivity index (χ0v) is 20.6. The van der Waals surface area contributed by atoms with Crippen molar-refractivity contribution in [1.82, 2.24) is 5.32 Å². The van der Waals surface area contributed by atoms with Gasteiger partial charge in [-0.1, -0.05) is 40.2 Å². The van der Waals surface area contributed by atoms with E-state index in [9.17, 15) is 9.59 Å². The third-order valence-electron chi connectivity index (χ3n) is 5.03. The first kappa shape index (κ1) is 23.5. The lowest BCUT2D eigenvalue weighted by Crippen LogP contribution is -2.34. The van der Waals surface area contributed by atoms with Gasteiger partial charge in [-0.15, -0.1) is 0 Å². The van der Waals surface area contributed by atoms with E-state index in [1.165, 1.54) is 14.2 Å². The summed E-state index contributed by atoms with van der Waals surface area (Å²) in [6, 6.07) is 19.3. The lowest BCUT2D eigenvalue weighted by molar-refractivity contribution is 0.0974. The summed E-state index contributed by atoms with van der Waals surface area (Å²) < 4.78 is 16.9. The van der Waals surface area contributed by atoms with Crippen molar-refractivity contribution in [1.29, 1.82) is 0 Å². The summed E-state index contributed by atoms with van der Waals surface area (Å²) in [4.78, 5) is 25.4. The molecule has 9 heteroatoms. The summed E-state index contributed by atoms with van der Waals surface area (Å²) in [5.41, 5.74) is 1.82. The van der Waals surface area contributed by atoms with Gasteiger partial charge in [0.25, 0.3) is 5.91 Å². The van der Waals surface area contributed by atoms with Crippen LogP contribution in [0.4, 0.5) is 5.69 Å². The van der Waals surface area contributed by atoms with Crippen LogP contribution in [0.15, 0.2) is 80.4 Å². The van der Waals surface area contributed by atoms with Crippen molar-refractivity contribution in [3.8, 4) is 22.6 Å². The molecule has 0 atom stereocenters. The Balaban J connectivity index is 1.61. The summed E-state index contributed by atoms with van der Waals surface area (Å²) in [6.07, 6.45) is 0. The van der Waals surface area contributed by atoms with Crippen LogP contribution in [0.25, 0.3) is 22.1 Å². The van der Waals surface area contributed by atoms with E-state index in [1.54, 1.807) is 54.6 Å². The Bertz CT molecular complexity index is 1470. The van der Waals surface area contributed by atoms with E-state index in [1.807, 2.05) is 12.1 Å². The van der Waals surface area contributed by atoms with Gasteiger partial charge in [0.2, 0.25) is 0 Å². The molecule has 0 bridgehead atoms. The van der Waals surface area contributed by atoms with E-state index in [4.69, 9.17) is 26.1 Å². The van der Waals surface area contributed by atoms with Crippen molar-refractivity contribution in [2.24, 2.45) is 0 Å². The number of fused-ring (bicyclic) bond motifs is 1. The Hall–Kier alpha value is -3.69. The second-order valence-corrected chi connectivity index (χ2v) is 8.48. The molecule has 0 aliphatic rings. The first-order chi connectivity index (χ1) is 16.4. The predicted molar refractivity (Wildman–Crippen MR) is 139 cm³/mol. The van der Waals surface area contributed by atoms with Crippen LogP contribution in [0.2, 0.25) is 0 Å². The number of rotatable bonds is 5. The van der Waals surface area contributed by atoms with Crippen LogP contribution < -0.4 is 25.7 Å². The van der Waals surface area contributed by atoms with Gasteiger partial charge in [-0.2, -0.15) is 0 Å². The number of carbonyl (C=O) groups is 1. The second-order valence-electron chi connectivity index (χ2n) is 7.15. The van der Waals surface area contributed by atoms with Crippen LogP contribution in [0.5, 0.6) is 11.5 Å². The van der Waals surface area contributed by atoms with Gasteiger partial charge in [0.1, 0.15) is 17.1 Å². The molecule has 4 rings (SSSR count). The van der Waals surface area contributed by atoms with Crippen molar-refractivity contribution >= 4 is 55.8 Å². The van der Waals surface area contributed by atoms with Crippen molar-refractivity contribution in [3.63, 3.8) is 0 Å². The Kier molecular flexibility index (Phi) is 6.95. The molecule has 4 aromatic rings. The van der Waals surface area contributed by atoms with Gasteiger partial charge in [0.05, 0.1) is 31.0 Å². The van der Waals surface area contributed by atoms with E-state index in [0.29, 0.717) is 39.5 Å². The Morgan fingerprint density at radius 3 is 2.47 bits per heavy atom. The number of ether oxygens (including phenoxy) is 2. The van der Waals surface area contributed by atoms with Crippen LogP contribution in [-0.2, 0) is 0 Å². The number of hydrogen-bond donors (Lipinski definition) is 2. The van der Waals surface area contributed by atoms with Gasteiger partial charge < -0.3 is 19.2 Å². The van der Waals surface area contributed by atoms with Crippen molar-refractivity contribution in [3.05, 3.63) is 87.2 Å². The summed E-state index contributed by atoms with van der Waals surface area (Å²) >= 11 is 8.70. The van der Waals surface area contributed by atoms with Gasteiger partial charge in [-0.25, -0.2) is 4.79 Å². The fourth-order valence-electron chi connectivity index (χ4n) is 3.42. The highest BCUT2D eigenvalue weighted by molar-refractivity contribution is 9.10. The summed E-state index contributed by atoms with van der Waals surface area (Å²) in [5, 5.41) is 6.46. The minimum Gasteiger partial charge on any atom is -0.496 e. The summed E-state index contributed by atoms with van der Waals surface area (Å²) in [6.45, 7) is 0. The van der Waals surface area contributed by atoms with E-state index in [0.717, 1.165) is 9.86 Å². The minimum atomic E-state index is -0.465. The van der Waals surface area contributed by atoms with Gasteiger partial charge in [-0.05, 0) is 60.2 Å². The molecule has 0 unspecified atom stereocenters. The van der Waals surface area contributed by atoms with Gasteiger partial charge in [-0.3, -0.25) is 10.1 Å². The number of halogens is 1. The molecule has 2 N–H and O–H groups in total. The number of amides is 1. The summed E-state index contributed by atoms with van der Waals surface area (Å²) in [7, 11) is 2.99. The molecule has 1 aromatic heterocycles. The average Bonchev–Trinajstić information content (AvgIpc) is 2.83. The van der Waals surface area contributed by atoms with Crippen LogP contribution >= 0.6 is 28.1 Å². The number of anilines is 1. The van der Waals surface area contributed by atoms with Gasteiger partial charge in [0.15, 0.2) is 5.11 Å². The highest BCUT2D eigenvalue weighted by atomic mass is 79.9. The van der Waals surface area contributed by atoms with Gasteiger partial charge in [0, 0.05) is 9.86 Å². The molecule has 0 radical (unpaired) electrons. The molecule has 1 heterocycles. The maximum atomic E-state index is 12.8. The normalized spacial score (nSPS) is 10.6. The van der Waals surface area contributed by atoms with E-state index in [-0.39, 0.29) is 5.11 Å². The van der Waals surface area contributed by atoms with Crippen LogP contribution in [0.1, 0.15) is 10.4 Å². The first-order valence-corrected chi connectivity index (χ1v) is 11.3. The minimum absolute atomic E-state index is 0.0491. The number of thiocarbonyl (C=S) groups is 1. The molecule has 0 aliphatic carbocycles. The number of benzene rings is 3. The molecule has 0 spiro atoms. The number of para-hydroxylation sites is 1. The zero-order valence-electron chi connectivity index (χ0n) is 18.2. The Morgan fingerprint density at radius 1 is 0.971 bits per heavy atom. The molecule has 7 nitrogen and oxygen atoms in total. The molecule has 3 aromatic carbocycles. The fourth-order valence-corrected chi connectivity index (χ4v) is 3.98. The second kappa shape index (κ2) is 10.1. The van der Waals surface area contributed by atoms with E-state index in [2.05, 4.69) is 26.6 Å². The lowest BCUT2D eigenvalue weighted by Gasteiger charge is -2.15. The molecule has 34 heavy (non-hydrogen) atoms. The number of carbonyl (C=O) groups excluding carboxylic acids is 1. The zero-order chi connectivity index (χ0) is 24.2. The Labute approximate surface area is 208 Å². The average molecular weight is 539 g/mol. The monoisotopic (exact) mass is 538 g/mol. The molecule has 0 aliphatic heterocycles. The number of nitrogens with one attached hydrogen (secondary N) is 2. The molecule has 0 saturated heterocycles. The maximum Gasteiger partial charge on any atom is 0.344 e. The molecule has 0 saturated carbocycles. The molecular formula is C25H19BrN2O5S. The largest absolute Gasteiger partial charge is 0.496 e. The predicted octanol–water partition coefficient (Wildman–Crippen LogP) is 5.37. The standard InChI is InChI=1S/C25H19BrN2O5S/c1-31-21-10-8-16(26)13-18(21)23(29)28-25(34)27-19-12-14(7-9-22(19)32-2)17-11-15-5-3-4-6-20(15)33-24(17)30/h3-13H,1-2H3,(H2,27,28,29,34). The smallest absolute Gasteiger partial charge is 0.344 e. The lowest BCUT2D eigenvalue weighted by atomic mass is 10.0. The Morgan fingerprint density at radius 2 is 1.71 bits per heavy atom.